The van der Waals surface area contributed by atoms with E-state index in [2.05, 4.69) is 20.3 Å². The van der Waals surface area contributed by atoms with Gasteiger partial charge < -0.3 is 14.8 Å². The summed E-state index contributed by atoms with van der Waals surface area (Å²) in [5.74, 6) is 0.774. The highest BCUT2D eigenvalue weighted by Gasteiger charge is 2.33. The standard InChI is InChI=1S/C15H17F3N6O/c1-23-9-21-13(7-14(23)25)24-4-2-10(3-5-24)22-12-6-11(15(16,17)18)19-8-20-12/h6-10H,2-5H2,1H3,(H,19,20,22). The summed E-state index contributed by atoms with van der Waals surface area (Å²) < 4.78 is 39.5. The average Bonchev–Trinajstić information content (AvgIpc) is 2.58. The maximum Gasteiger partial charge on any atom is 0.433 e. The molecule has 25 heavy (non-hydrogen) atoms. The summed E-state index contributed by atoms with van der Waals surface area (Å²) in [5.41, 5.74) is -1.10. The second-order valence-corrected chi connectivity index (χ2v) is 5.89. The molecule has 1 aliphatic rings. The summed E-state index contributed by atoms with van der Waals surface area (Å²) in [4.78, 5) is 25.0. The van der Waals surface area contributed by atoms with Gasteiger partial charge >= 0.3 is 6.18 Å². The molecule has 0 atom stereocenters. The fraction of sp³-hybridized carbons (Fsp3) is 0.467. The van der Waals surface area contributed by atoms with Crippen molar-refractivity contribution in [3.63, 3.8) is 0 Å². The molecule has 1 aliphatic heterocycles. The molecule has 10 heteroatoms. The van der Waals surface area contributed by atoms with Crippen LogP contribution in [0.3, 0.4) is 0 Å². The number of aromatic nitrogens is 4. The van der Waals surface area contributed by atoms with Crippen LogP contribution in [0.25, 0.3) is 0 Å². The third-order valence-corrected chi connectivity index (χ3v) is 4.09. The van der Waals surface area contributed by atoms with Crippen molar-refractivity contribution in [2.45, 2.75) is 25.1 Å². The molecule has 0 aromatic carbocycles. The van der Waals surface area contributed by atoms with Crippen LogP contribution in [-0.2, 0) is 13.2 Å². The number of halogens is 3. The summed E-state index contributed by atoms with van der Waals surface area (Å²) in [6, 6.07) is 2.39. The molecule has 0 spiro atoms. The SMILES string of the molecule is Cn1cnc(N2CCC(Nc3cc(C(F)(F)F)ncn3)CC2)cc1=O. The van der Waals surface area contributed by atoms with Gasteiger partial charge in [0.2, 0.25) is 0 Å². The summed E-state index contributed by atoms with van der Waals surface area (Å²) >= 11 is 0. The minimum Gasteiger partial charge on any atom is -0.367 e. The van der Waals surface area contributed by atoms with Crippen LogP contribution in [-0.4, -0.2) is 38.7 Å². The van der Waals surface area contributed by atoms with Crippen molar-refractivity contribution in [1.29, 1.82) is 0 Å². The van der Waals surface area contributed by atoms with Crippen molar-refractivity contribution in [3.8, 4) is 0 Å². The van der Waals surface area contributed by atoms with E-state index in [9.17, 15) is 18.0 Å². The van der Waals surface area contributed by atoms with Crippen LogP contribution < -0.4 is 15.8 Å². The van der Waals surface area contributed by atoms with E-state index in [0.717, 1.165) is 12.4 Å². The highest BCUT2D eigenvalue weighted by molar-refractivity contribution is 5.40. The first-order chi connectivity index (χ1) is 11.8. The molecule has 0 aliphatic carbocycles. The third kappa shape index (κ3) is 4.06. The Morgan fingerprint density at radius 1 is 1.16 bits per heavy atom. The Hall–Kier alpha value is -2.65. The van der Waals surface area contributed by atoms with E-state index >= 15 is 0 Å². The number of rotatable bonds is 3. The van der Waals surface area contributed by atoms with Crippen molar-refractivity contribution >= 4 is 11.6 Å². The van der Waals surface area contributed by atoms with Gasteiger partial charge in [0.25, 0.3) is 5.56 Å². The van der Waals surface area contributed by atoms with E-state index < -0.39 is 11.9 Å². The van der Waals surface area contributed by atoms with Crippen LogP contribution in [0, 0.1) is 0 Å². The molecule has 3 heterocycles. The lowest BCUT2D eigenvalue weighted by molar-refractivity contribution is -0.141. The highest BCUT2D eigenvalue weighted by atomic mass is 19.4. The quantitative estimate of drug-likeness (QED) is 0.904. The van der Waals surface area contributed by atoms with Crippen LogP contribution in [0.2, 0.25) is 0 Å². The summed E-state index contributed by atoms with van der Waals surface area (Å²) in [5, 5.41) is 3.02. The van der Waals surface area contributed by atoms with Gasteiger partial charge in [-0.3, -0.25) is 4.79 Å². The predicted octanol–water partition coefficient (Wildman–Crippen LogP) is 1.67. The van der Waals surface area contributed by atoms with Gasteiger partial charge in [-0.2, -0.15) is 13.2 Å². The van der Waals surface area contributed by atoms with E-state index in [-0.39, 0.29) is 17.4 Å². The monoisotopic (exact) mass is 354 g/mol. The topological polar surface area (TPSA) is 75.9 Å². The van der Waals surface area contributed by atoms with Gasteiger partial charge in [-0.25, -0.2) is 15.0 Å². The molecule has 0 unspecified atom stereocenters. The molecule has 0 amide bonds. The molecule has 3 rings (SSSR count). The number of nitrogens with zero attached hydrogens (tertiary/aromatic N) is 5. The maximum atomic E-state index is 12.7. The molecular weight excluding hydrogens is 337 g/mol. The highest BCUT2D eigenvalue weighted by Crippen LogP contribution is 2.28. The van der Waals surface area contributed by atoms with Crippen LogP contribution in [0.15, 0.2) is 29.6 Å². The summed E-state index contributed by atoms with van der Waals surface area (Å²) in [6.45, 7) is 1.30. The molecular formula is C15H17F3N6O. The molecule has 2 aromatic rings. The van der Waals surface area contributed by atoms with Crippen molar-refractivity contribution in [3.05, 3.63) is 40.8 Å². The first-order valence-corrected chi connectivity index (χ1v) is 7.76. The van der Waals surface area contributed by atoms with Crippen LogP contribution in [0.1, 0.15) is 18.5 Å². The lowest BCUT2D eigenvalue weighted by Crippen LogP contribution is -2.40. The predicted molar refractivity (Wildman–Crippen MR) is 85.4 cm³/mol. The summed E-state index contributed by atoms with van der Waals surface area (Å²) in [7, 11) is 1.63. The van der Waals surface area contributed by atoms with E-state index in [0.29, 0.717) is 31.7 Å². The Kier molecular flexibility index (Phi) is 4.60. The number of hydrogen-bond acceptors (Lipinski definition) is 6. The Morgan fingerprint density at radius 3 is 2.52 bits per heavy atom. The molecule has 0 saturated carbocycles. The van der Waals surface area contributed by atoms with Crippen molar-refractivity contribution in [1.82, 2.24) is 19.5 Å². The number of anilines is 2. The Labute approximate surface area is 141 Å². The average molecular weight is 354 g/mol. The number of aryl methyl sites for hydroxylation is 1. The van der Waals surface area contributed by atoms with E-state index in [1.807, 2.05) is 4.90 Å². The van der Waals surface area contributed by atoms with Gasteiger partial charge in [0.05, 0.1) is 6.33 Å². The van der Waals surface area contributed by atoms with Crippen molar-refractivity contribution in [2.24, 2.45) is 7.05 Å². The maximum absolute atomic E-state index is 12.7. The zero-order valence-corrected chi connectivity index (χ0v) is 13.5. The molecule has 0 radical (unpaired) electrons. The lowest BCUT2D eigenvalue weighted by Gasteiger charge is -2.33. The van der Waals surface area contributed by atoms with Gasteiger partial charge in [0.15, 0.2) is 0 Å². The molecule has 134 valence electrons. The Morgan fingerprint density at radius 2 is 1.88 bits per heavy atom. The zero-order chi connectivity index (χ0) is 18.0. The molecule has 1 N–H and O–H groups in total. The second kappa shape index (κ2) is 6.69. The molecule has 2 aromatic heterocycles. The van der Waals surface area contributed by atoms with E-state index in [1.165, 1.54) is 17.0 Å². The molecule has 7 nitrogen and oxygen atoms in total. The van der Waals surface area contributed by atoms with Crippen LogP contribution in [0.4, 0.5) is 24.8 Å². The largest absolute Gasteiger partial charge is 0.433 e. The summed E-state index contributed by atoms with van der Waals surface area (Å²) in [6.07, 6.45) is -0.718. The van der Waals surface area contributed by atoms with Crippen LogP contribution in [0.5, 0.6) is 0 Å². The van der Waals surface area contributed by atoms with Crippen molar-refractivity contribution in [2.75, 3.05) is 23.3 Å². The molecule has 0 bridgehead atoms. The number of piperidine rings is 1. The van der Waals surface area contributed by atoms with E-state index in [4.69, 9.17) is 0 Å². The fourth-order valence-corrected chi connectivity index (χ4v) is 2.68. The second-order valence-electron chi connectivity index (χ2n) is 5.89. The third-order valence-electron chi connectivity index (χ3n) is 4.09. The molecule has 1 saturated heterocycles. The number of nitrogens with one attached hydrogen (secondary N) is 1. The first kappa shape index (κ1) is 17.2. The number of hydrogen-bond donors (Lipinski definition) is 1. The van der Waals surface area contributed by atoms with Crippen molar-refractivity contribution < 1.29 is 13.2 Å². The van der Waals surface area contributed by atoms with E-state index in [1.54, 1.807) is 7.05 Å². The zero-order valence-electron chi connectivity index (χ0n) is 13.5. The minimum absolute atomic E-state index is 0.00113. The van der Waals surface area contributed by atoms with Gasteiger partial charge in [-0.1, -0.05) is 0 Å². The van der Waals surface area contributed by atoms with Gasteiger partial charge in [0.1, 0.15) is 23.7 Å². The Bertz CT molecular complexity index is 798. The minimum atomic E-state index is -4.49. The van der Waals surface area contributed by atoms with Crippen LogP contribution >= 0.6 is 0 Å². The lowest BCUT2D eigenvalue weighted by atomic mass is 10.1. The fourth-order valence-electron chi connectivity index (χ4n) is 2.68. The van der Waals surface area contributed by atoms with Gasteiger partial charge in [-0.05, 0) is 12.8 Å². The Balaban J connectivity index is 1.61. The smallest absolute Gasteiger partial charge is 0.367 e. The van der Waals surface area contributed by atoms with Gasteiger partial charge in [0, 0.05) is 38.3 Å². The molecule has 1 fully saturated rings. The normalized spacial score (nSPS) is 16.1. The van der Waals surface area contributed by atoms with Gasteiger partial charge in [-0.15, -0.1) is 0 Å². The first-order valence-electron chi connectivity index (χ1n) is 7.76. The number of alkyl halides is 3.